The van der Waals surface area contributed by atoms with E-state index in [1.807, 2.05) is 72.8 Å². The number of methoxy groups -OCH3 is 2. The van der Waals surface area contributed by atoms with Gasteiger partial charge in [-0.15, -0.1) is 0 Å². The van der Waals surface area contributed by atoms with E-state index in [1.54, 1.807) is 14.2 Å². The molecule has 1 aliphatic heterocycles. The van der Waals surface area contributed by atoms with Crippen molar-refractivity contribution in [3.63, 3.8) is 0 Å². The number of hydrogen-bond acceptors (Lipinski definition) is 4. The molecule has 3 aliphatic rings. The third-order valence-corrected chi connectivity index (χ3v) is 8.23. The third-order valence-electron chi connectivity index (χ3n) is 7.56. The first kappa shape index (κ1) is 22.8. The number of fused-ring (bicyclic) bond motifs is 5. The number of hydrogen-bond donors (Lipinski definition) is 0. The zero-order valence-electron chi connectivity index (χ0n) is 19.9. The number of imide groups is 1. The lowest BCUT2D eigenvalue weighted by atomic mass is 9.85. The number of allylic oxidation sites excluding steroid dienone is 3. The van der Waals surface area contributed by atoms with Crippen LogP contribution in [0.3, 0.4) is 0 Å². The van der Waals surface area contributed by atoms with Crippen LogP contribution in [0.5, 0.6) is 11.5 Å². The van der Waals surface area contributed by atoms with Crippen LogP contribution in [-0.2, 0) is 9.59 Å². The Balaban J connectivity index is 1.48. The van der Waals surface area contributed by atoms with Crippen LogP contribution in [0.2, 0.25) is 0 Å². The minimum Gasteiger partial charge on any atom is -0.497 e. The summed E-state index contributed by atoms with van der Waals surface area (Å²) in [6.45, 7) is 0. The number of rotatable bonds is 5. The molecule has 0 N–H and O–H groups in total. The summed E-state index contributed by atoms with van der Waals surface area (Å²) >= 11 is 3.52. The molecule has 2 bridgehead atoms. The van der Waals surface area contributed by atoms with Crippen molar-refractivity contribution in [3.05, 3.63) is 106 Å². The van der Waals surface area contributed by atoms with Gasteiger partial charge in [-0.25, -0.2) is 4.90 Å². The number of para-hydroxylation sites is 1. The predicted molar refractivity (Wildman–Crippen MR) is 142 cm³/mol. The molecule has 1 heterocycles. The summed E-state index contributed by atoms with van der Waals surface area (Å²) in [7, 11) is 3.29. The normalized spacial score (nSPS) is 23.9. The van der Waals surface area contributed by atoms with Crippen LogP contribution in [0, 0.1) is 23.7 Å². The number of carbonyl (C=O) groups excluding carboxylic acids is 2. The molecule has 5 nitrogen and oxygen atoms in total. The van der Waals surface area contributed by atoms with Crippen molar-refractivity contribution < 1.29 is 19.1 Å². The minimum atomic E-state index is -0.402. The van der Waals surface area contributed by atoms with Gasteiger partial charge in [0.25, 0.3) is 0 Å². The summed E-state index contributed by atoms with van der Waals surface area (Å²) in [5.41, 5.74) is 4.85. The zero-order chi connectivity index (χ0) is 25.0. The summed E-state index contributed by atoms with van der Waals surface area (Å²) in [5.74, 6) is 0.215. The maximum atomic E-state index is 13.7. The Morgan fingerprint density at radius 2 is 1.19 bits per heavy atom. The molecule has 36 heavy (non-hydrogen) atoms. The largest absolute Gasteiger partial charge is 0.497 e. The average Bonchev–Trinajstić information content (AvgIpc) is 3.54. The second-order valence-electron chi connectivity index (χ2n) is 9.24. The monoisotopic (exact) mass is 541 g/mol. The predicted octanol–water partition coefficient (Wildman–Crippen LogP) is 5.89. The van der Waals surface area contributed by atoms with Crippen LogP contribution >= 0.6 is 15.9 Å². The Hall–Kier alpha value is -3.64. The van der Waals surface area contributed by atoms with E-state index in [4.69, 9.17) is 9.47 Å². The van der Waals surface area contributed by atoms with Gasteiger partial charge in [-0.1, -0.05) is 48.6 Å². The lowest BCUT2D eigenvalue weighted by Crippen LogP contribution is -2.33. The van der Waals surface area contributed by atoms with Crippen LogP contribution in [0.15, 0.2) is 95.0 Å². The summed E-state index contributed by atoms with van der Waals surface area (Å²) in [5, 5.41) is 0. The SMILES string of the molecule is COc1ccc(C(=C2[C@H]3C=C[C@H]2[C@@H]2C(=O)N(c4ccccc4Br)C(=O)[C@H]23)c2ccc(OC)cc2)cc1. The number of halogens is 1. The third kappa shape index (κ3) is 3.35. The lowest BCUT2D eigenvalue weighted by Gasteiger charge is -2.22. The number of amides is 2. The number of nitrogens with zero attached hydrogens (tertiary/aromatic N) is 1. The van der Waals surface area contributed by atoms with Crippen LogP contribution in [0.4, 0.5) is 5.69 Å². The highest BCUT2D eigenvalue weighted by Gasteiger charge is 2.62. The summed E-state index contributed by atoms with van der Waals surface area (Å²) in [4.78, 5) is 28.9. The summed E-state index contributed by atoms with van der Waals surface area (Å²) in [6.07, 6.45) is 4.23. The molecule has 180 valence electrons. The molecule has 2 amide bonds. The van der Waals surface area contributed by atoms with Crippen molar-refractivity contribution in [1.82, 2.24) is 0 Å². The molecule has 0 radical (unpaired) electrons. The van der Waals surface area contributed by atoms with Crippen LogP contribution < -0.4 is 14.4 Å². The highest BCUT2D eigenvalue weighted by molar-refractivity contribution is 9.10. The average molecular weight is 542 g/mol. The molecular weight excluding hydrogens is 518 g/mol. The highest BCUT2D eigenvalue weighted by Crippen LogP contribution is 2.59. The minimum absolute atomic E-state index is 0.130. The Labute approximate surface area is 218 Å². The second kappa shape index (κ2) is 8.79. The van der Waals surface area contributed by atoms with E-state index in [2.05, 4.69) is 28.1 Å². The first-order valence-corrected chi connectivity index (χ1v) is 12.7. The Bertz CT molecular complexity index is 1340. The number of ether oxygens (including phenoxy) is 2. The van der Waals surface area contributed by atoms with E-state index in [0.717, 1.165) is 38.2 Å². The van der Waals surface area contributed by atoms with Crippen molar-refractivity contribution in [2.75, 3.05) is 19.1 Å². The van der Waals surface area contributed by atoms with E-state index in [9.17, 15) is 9.59 Å². The van der Waals surface area contributed by atoms with Crippen molar-refractivity contribution >= 4 is 39.0 Å². The standard InChI is InChI=1S/C30H24BrNO4/c1-35-19-11-7-17(8-12-19)25(18-9-13-20(36-2)14-10-18)26-21-15-16-22(26)28-27(21)29(33)32(30(28)34)24-6-4-3-5-23(24)31/h3-16,21-22,27-28H,1-2H3/t21-,22-,27+,28+/m1/s1. The molecular formula is C30H24BrNO4. The molecule has 6 heteroatoms. The molecule has 0 unspecified atom stereocenters. The summed E-state index contributed by atoms with van der Waals surface area (Å²) < 4.78 is 11.5. The van der Waals surface area contributed by atoms with Crippen molar-refractivity contribution in [3.8, 4) is 11.5 Å². The Morgan fingerprint density at radius 3 is 1.64 bits per heavy atom. The smallest absolute Gasteiger partial charge is 0.238 e. The Kier molecular flexibility index (Phi) is 5.56. The van der Waals surface area contributed by atoms with E-state index in [0.29, 0.717) is 5.69 Å². The van der Waals surface area contributed by atoms with Gasteiger partial charge in [-0.2, -0.15) is 0 Å². The Morgan fingerprint density at radius 1 is 0.722 bits per heavy atom. The van der Waals surface area contributed by atoms with Crippen LogP contribution in [0.25, 0.3) is 5.57 Å². The number of anilines is 1. The molecule has 0 aromatic heterocycles. The van der Waals surface area contributed by atoms with Gasteiger partial charge in [0.2, 0.25) is 11.8 Å². The van der Waals surface area contributed by atoms with Crippen LogP contribution in [0.1, 0.15) is 11.1 Å². The van der Waals surface area contributed by atoms with Gasteiger partial charge in [-0.3, -0.25) is 9.59 Å². The maximum absolute atomic E-state index is 13.7. The van der Waals surface area contributed by atoms with Gasteiger partial charge in [0.15, 0.2) is 0 Å². The van der Waals surface area contributed by atoms with E-state index < -0.39 is 11.8 Å². The number of benzene rings is 3. The molecule has 4 atom stereocenters. The van der Waals surface area contributed by atoms with Gasteiger partial charge in [0.1, 0.15) is 11.5 Å². The first-order chi connectivity index (χ1) is 17.5. The quantitative estimate of drug-likeness (QED) is 0.298. The number of carbonyl (C=O) groups is 2. The van der Waals surface area contributed by atoms with E-state index in [1.165, 1.54) is 4.90 Å². The fourth-order valence-electron chi connectivity index (χ4n) is 5.98. The zero-order valence-corrected chi connectivity index (χ0v) is 21.4. The topological polar surface area (TPSA) is 55.8 Å². The second-order valence-corrected chi connectivity index (χ2v) is 10.1. The van der Waals surface area contributed by atoms with Gasteiger partial charge in [-0.05, 0) is 74.6 Å². The van der Waals surface area contributed by atoms with Crippen molar-refractivity contribution in [1.29, 1.82) is 0 Å². The van der Waals surface area contributed by atoms with Gasteiger partial charge >= 0.3 is 0 Å². The molecule has 3 aromatic rings. The molecule has 2 aliphatic carbocycles. The van der Waals surface area contributed by atoms with Gasteiger partial charge in [0, 0.05) is 16.3 Å². The lowest BCUT2D eigenvalue weighted by molar-refractivity contribution is -0.122. The van der Waals surface area contributed by atoms with E-state index >= 15 is 0 Å². The van der Waals surface area contributed by atoms with Gasteiger partial charge in [0.05, 0.1) is 31.7 Å². The highest BCUT2D eigenvalue weighted by atomic mass is 79.9. The molecule has 6 rings (SSSR count). The molecule has 0 spiro atoms. The molecule has 1 saturated carbocycles. The first-order valence-electron chi connectivity index (χ1n) is 11.9. The van der Waals surface area contributed by atoms with Crippen molar-refractivity contribution in [2.24, 2.45) is 23.7 Å². The van der Waals surface area contributed by atoms with Crippen LogP contribution in [-0.4, -0.2) is 26.0 Å². The summed E-state index contributed by atoms with van der Waals surface area (Å²) in [6, 6.07) is 23.3. The van der Waals surface area contributed by atoms with E-state index in [-0.39, 0.29) is 23.7 Å². The van der Waals surface area contributed by atoms with Crippen molar-refractivity contribution in [2.45, 2.75) is 0 Å². The fraction of sp³-hybridized carbons (Fsp3) is 0.200. The maximum Gasteiger partial charge on any atom is 0.238 e. The molecule has 2 fully saturated rings. The van der Waals surface area contributed by atoms with Gasteiger partial charge < -0.3 is 9.47 Å². The fourth-order valence-corrected chi connectivity index (χ4v) is 6.44. The molecule has 1 saturated heterocycles. The molecule has 3 aromatic carbocycles.